The molecule has 5 unspecified atom stereocenters. The highest BCUT2D eigenvalue weighted by Crippen LogP contribution is 2.31. The number of hydrogen-bond acceptors (Lipinski definition) is 10. The summed E-state index contributed by atoms with van der Waals surface area (Å²) in [5, 5.41) is 58.1. The van der Waals surface area contributed by atoms with Crippen LogP contribution in [0.15, 0.2) is 51.9 Å². The summed E-state index contributed by atoms with van der Waals surface area (Å²) in [6.07, 6.45) is -7.56. The molecule has 11 heteroatoms. The van der Waals surface area contributed by atoms with Gasteiger partial charge in [0.1, 0.15) is 52.8 Å². The second-order valence-electron chi connectivity index (χ2n) is 7.19. The second-order valence-corrected chi connectivity index (χ2v) is 7.19. The molecule has 3 aromatic rings. The van der Waals surface area contributed by atoms with Crippen molar-refractivity contribution in [1.29, 1.82) is 0 Å². The highest BCUT2D eigenvalue weighted by atomic mass is 16.7. The van der Waals surface area contributed by atoms with Crippen LogP contribution in [0.2, 0.25) is 0 Å². The van der Waals surface area contributed by atoms with Gasteiger partial charge in [0.05, 0.1) is 5.56 Å². The minimum absolute atomic E-state index is 0.00775. The highest BCUT2D eigenvalue weighted by Gasteiger charge is 2.48. The van der Waals surface area contributed by atoms with Crippen molar-refractivity contribution in [3.8, 4) is 28.4 Å². The fraction of sp³-hybridized carbons (Fsp3) is 0.238. The molecule has 2 heterocycles. The third kappa shape index (κ3) is 3.74. The van der Waals surface area contributed by atoms with Crippen molar-refractivity contribution in [2.24, 2.45) is 0 Å². The fourth-order valence-corrected chi connectivity index (χ4v) is 3.41. The number of aromatic hydroxyl groups is 2. The van der Waals surface area contributed by atoms with Gasteiger partial charge in [0.25, 0.3) is 0 Å². The smallest absolute Gasteiger partial charge is 0.335 e. The number of phenols is 2. The maximum atomic E-state index is 12.8. The molecule has 32 heavy (non-hydrogen) atoms. The number of ether oxygens (including phenoxy) is 2. The molecule has 0 aliphatic carbocycles. The van der Waals surface area contributed by atoms with Gasteiger partial charge in [-0.15, -0.1) is 0 Å². The monoisotopic (exact) mass is 446 g/mol. The van der Waals surface area contributed by atoms with E-state index in [9.17, 15) is 35.1 Å². The lowest BCUT2D eigenvalue weighted by Gasteiger charge is -2.38. The first kappa shape index (κ1) is 21.6. The molecule has 2 aromatic carbocycles. The summed E-state index contributed by atoms with van der Waals surface area (Å²) in [4.78, 5) is 24.0. The number of hydrogen-bond donors (Lipinski definition) is 6. The van der Waals surface area contributed by atoms with E-state index in [1.165, 1.54) is 36.6 Å². The summed E-state index contributed by atoms with van der Waals surface area (Å²) in [5.74, 6) is -2.12. The standard InChI is InChI=1S/C21H18O11/c22-9-5-12(23)14-13(6-9)30-7-11(15(14)24)8-1-3-10(4-2-8)31-21-18(27)16(25)17(26)19(32-21)20(28)29/h1-7,16-19,21-23,25-27H,(H,28,29). The summed E-state index contributed by atoms with van der Waals surface area (Å²) in [6.45, 7) is 0. The number of carbonyl (C=O) groups is 1. The van der Waals surface area contributed by atoms with E-state index in [1.54, 1.807) is 0 Å². The molecule has 0 spiro atoms. The number of carboxylic acids is 1. The molecule has 0 bridgehead atoms. The maximum absolute atomic E-state index is 12.8. The van der Waals surface area contributed by atoms with Gasteiger partial charge >= 0.3 is 5.97 Å². The molecule has 11 nitrogen and oxygen atoms in total. The summed E-state index contributed by atoms with van der Waals surface area (Å²) in [5.41, 5.74) is -0.0221. The molecule has 0 amide bonds. The Kier molecular flexibility index (Phi) is 5.48. The Labute approximate surface area is 178 Å². The Balaban J connectivity index is 1.59. The van der Waals surface area contributed by atoms with E-state index in [1.807, 2.05) is 0 Å². The highest BCUT2D eigenvalue weighted by molar-refractivity contribution is 5.88. The molecular formula is C21H18O11. The van der Waals surface area contributed by atoms with E-state index in [0.717, 1.165) is 6.07 Å². The predicted molar refractivity (Wildman–Crippen MR) is 106 cm³/mol. The van der Waals surface area contributed by atoms with Crippen LogP contribution in [0.3, 0.4) is 0 Å². The molecule has 1 aliphatic heterocycles. The molecule has 6 N–H and O–H groups in total. The number of aliphatic hydroxyl groups excluding tert-OH is 3. The lowest BCUT2D eigenvalue weighted by Crippen LogP contribution is -2.61. The van der Waals surface area contributed by atoms with Gasteiger partial charge in [0.2, 0.25) is 11.7 Å². The van der Waals surface area contributed by atoms with Crippen molar-refractivity contribution >= 4 is 16.9 Å². The van der Waals surface area contributed by atoms with Gasteiger partial charge in [-0.2, -0.15) is 0 Å². The third-order valence-corrected chi connectivity index (χ3v) is 5.07. The number of aliphatic carboxylic acids is 1. The van der Waals surface area contributed by atoms with Crippen LogP contribution in [-0.4, -0.2) is 67.3 Å². The van der Waals surface area contributed by atoms with Gasteiger partial charge in [0, 0.05) is 12.1 Å². The molecule has 4 rings (SSSR count). The van der Waals surface area contributed by atoms with Gasteiger partial charge in [0.15, 0.2) is 6.10 Å². The zero-order valence-corrected chi connectivity index (χ0v) is 16.2. The van der Waals surface area contributed by atoms with Gasteiger partial charge in [-0.1, -0.05) is 12.1 Å². The van der Waals surface area contributed by atoms with Crippen LogP contribution in [0.25, 0.3) is 22.1 Å². The average Bonchev–Trinajstić information content (AvgIpc) is 2.74. The van der Waals surface area contributed by atoms with Crippen molar-refractivity contribution in [1.82, 2.24) is 0 Å². The summed E-state index contributed by atoms with van der Waals surface area (Å²) in [6, 6.07) is 7.96. The SMILES string of the molecule is O=C(O)C1OC(Oc2ccc(-c3coc4cc(O)cc(O)c4c3=O)cc2)C(O)C(O)C1O. The average molecular weight is 446 g/mol. The summed E-state index contributed by atoms with van der Waals surface area (Å²) < 4.78 is 15.8. The van der Waals surface area contributed by atoms with Crippen LogP contribution in [0.5, 0.6) is 17.2 Å². The molecule has 0 saturated carbocycles. The molecule has 1 fully saturated rings. The molecule has 0 radical (unpaired) electrons. The third-order valence-electron chi connectivity index (χ3n) is 5.07. The Morgan fingerprint density at radius 3 is 2.31 bits per heavy atom. The number of fused-ring (bicyclic) bond motifs is 1. The van der Waals surface area contributed by atoms with Crippen LogP contribution in [0.4, 0.5) is 0 Å². The maximum Gasteiger partial charge on any atom is 0.335 e. The number of aliphatic hydroxyl groups is 3. The quantitative estimate of drug-likeness (QED) is 0.320. The number of benzene rings is 2. The van der Waals surface area contributed by atoms with Gasteiger partial charge in [-0.05, 0) is 17.7 Å². The van der Waals surface area contributed by atoms with E-state index in [4.69, 9.17) is 19.0 Å². The Hall–Kier alpha value is -3.64. The summed E-state index contributed by atoms with van der Waals surface area (Å²) in [7, 11) is 0. The van der Waals surface area contributed by atoms with Crippen LogP contribution in [0.1, 0.15) is 0 Å². The molecule has 5 atom stereocenters. The van der Waals surface area contributed by atoms with Gasteiger partial charge < -0.3 is 44.5 Å². The van der Waals surface area contributed by atoms with E-state index in [2.05, 4.69) is 0 Å². The minimum Gasteiger partial charge on any atom is -0.508 e. The van der Waals surface area contributed by atoms with Crippen molar-refractivity contribution in [2.75, 3.05) is 0 Å². The number of rotatable bonds is 4. The van der Waals surface area contributed by atoms with E-state index in [0.29, 0.717) is 5.56 Å². The number of carboxylic acid groups (broad SMARTS) is 1. The molecule has 1 aliphatic rings. The summed E-state index contributed by atoms with van der Waals surface area (Å²) >= 11 is 0. The first-order chi connectivity index (χ1) is 15.2. The van der Waals surface area contributed by atoms with Crippen molar-refractivity contribution < 1.29 is 49.3 Å². The molecule has 1 saturated heterocycles. The van der Waals surface area contributed by atoms with Crippen molar-refractivity contribution in [3.05, 3.63) is 52.9 Å². The largest absolute Gasteiger partial charge is 0.508 e. The van der Waals surface area contributed by atoms with Crippen LogP contribution in [0, 0.1) is 0 Å². The zero-order chi connectivity index (χ0) is 23.2. The topological polar surface area (TPSA) is 187 Å². The predicted octanol–water partition coefficient (Wildman–Crippen LogP) is 0.142. The Bertz CT molecular complexity index is 1220. The Morgan fingerprint density at radius 2 is 1.66 bits per heavy atom. The van der Waals surface area contributed by atoms with E-state index >= 15 is 0 Å². The lowest BCUT2D eigenvalue weighted by atomic mass is 9.99. The normalized spacial score (nSPS) is 25.5. The van der Waals surface area contributed by atoms with Crippen molar-refractivity contribution in [3.63, 3.8) is 0 Å². The number of phenolic OH excluding ortho intramolecular Hbond substituents is 2. The fourth-order valence-electron chi connectivity index (χ4n) is 3.41. The van der Waals surface area contributed by atoms with Crippen molar-refractivity contribution in [2.45, 2.75) is 30.7 Å². The second kappa shape index (κ2) is 8.13. The first-order valence-electron chi connectivity index (χ1n) is 9.34. The van der Waals surface area contributed by atoms with Gasteiger partial charge in [-0.25, -0.2) is 4.79 Å². The zero-order valence-electron chi connectivity index (χ0n) is 16.2. The van der Waals surface area contributed by atoms with E-state index in [-0.39, 0.29) is 28.0 Å². The molecule has 1 aromatic heterocycles. The van der Waals surface area contributed by atoms with Gasteiger partial charge in [-0.3, -0.25) is 4.79 Å². The lowest BCUT2D eigenvalue weighted by molar-refractivity contribution is -0.271. The van der Waals surface area contributed by atoms with E-state index < -0.39 is 47.9 Å². The molecular weight excluding hydrogens is 428 g/mol. The van der Waals surface area contributed by atoms with Crippen LogP contribution >= 0.6 is 0 Å². The van der Waals surface area contributed by atoms with Crippen LogP contribution in [-0.2, 0) is 9.53 Å². The molecule has 168 valence electrons. The first-order valence-corrected chi connectivity index (χ1v) is 9.34. The minimum atomic E-state index is -1.84. The van der Waals surface area contributed by atoms with Crippen LogP contribution < -0.4 is 10.2 Å². The Morgan fingerprint density at radius 1 is 0.969 bits per heavy atom.